The van der Waals surface area contributed by atoms with E-state index in [-0.39, 0.29) is 5.54 Å². The summed E-state index contributed by atoms with van der Waals surface area (Å²) in [5.41, 5.74) is 3.64. The zero-order chi connectivity index (χ0) is 14.3. The minimum Gasteiger partial charge on any atom is -0.319 e. The van der Waals surface area contributed by atoms with Crippen LogP contribution in [0.1, 0.15) is 26.3 Å². The van der Waals surface area contributed by atoms with Crippen LogP contribution in [0.25, 0.3) is 22.4 Å². The smallest absolute Gasteiger partial charge is 0.142 e. The van der Waals surface area contributed by atoms with Crippen LogP contribution in [-0.4, -0.2) is 9.55 Å². The van der Waals surface area contributed by atoms with Crippen LogP contribution in [0.5, 0.6) is 0 Å². The van der Waals surface area contributed by atoms with Crippen molar-refractivity contribution >= 4 is 22.4 Å². The van der Waals surface area contributed by atoms with E-state index >= 15 is 0 Å². The molecule has 3 nitrogen and oxygen atoms in total. The summed E-state index contributed by atoms with van der Waals surface area (Å²) >= 11 is 1.67. The highest BCUT2D eigenvalue weighted by Crippen LogP contribution is 2.32. The molecule has 0 aliphatic rings. The summed E-state index contributed by atoms with van der Waals surface area (Å²) in [6.45, 7) is 6.51. The largest absolute Gasteiger partial charge is 0.319 e. The number of rotatable bonds is 1. The third kappa shape index (κ3) is 2.00. The number of benzene rings is 1. The minimum absolute atomic E-state index is 0.0693. The van der Waals surface area contributed by atoms with Gasteiger partial charge in [0.2, 0.25) is 0 Å². The third-order valence-corrected chi connectivity index (χ3v) is 3.92. The molecule has 0 N–H and O–H groups in total. The lowest BCUT2D eigenvalue weighted by atomic mass is 10.1. The maximum Gasteiger partial charge on any atom is 0.142 e. The minimum atomic E-state index is -0.0693. The zero-order valence-electron chi connectivity index (χ0n) is 11.7. The third-order valence-electron chi connectivity index (χ3n) is 3.23. The predicted molar refractivity (Wildman–Crippen MR) is 82.8 cm³/mol. The van der Waals surface area contributed by atoms with Crippen LogP contribution < -0.4 is 0 Å². The van der Waals surface area contributed by atoms with E-state index in [2.05, 4.69) is 48.2 Å². The highest BCUT2D eigenvalue weighted by atomic mass is 32.1. The van der Waals surface area contributed by atoms with Crippen LogP contribution in [0.2, 0.25) is 0 Å². The van der Waals surface area contributed by atoms with Gasteiger partial charge in [-0.15, -0.1) is 0 Å². The molecule has 0 saturated carbocycles. The van der Waals surface area contributed by atoms with Gasteiger partial charge in [0.25, 0.3) is 0 Å². The van der Waals surface area contributed by atoms with Crippen molar-refractivity contribution in [2.24, 2.45) is 0 Å². The van der Waals surface area contributed by atoms with Crippen LogP contribution in [-0.2, 0) is 5.54 Å². The first-order valence-corrected chi connectivity index (χ1v) is 7.40. The molecule has 0 radical (unpaired) electrons. The number of nitriles is 1. The van der Waals surface area contributed by atoms with Gasteiger partial charge < -0.3 is 4.57 Å². The second kappa shape index (κ2) is 4.46. The summed E-state index contributed by atoms with van der Waals surface area (Å²) in [6, 6.07) is 9.95. The highest BCUT2D eigenvalue weighted by molar-refractivity contribution is 7.08. The number of imidazole rings is 1. The molecule has 2 aromatic heterocycles. The Labute approximate surface area is 122 Å². The zero-order valence-corrected chi connectivity index (χ0v) is 12.5. The fraction of sp³-hybridized carbons (Fsp3) is 0.250. The Morgan fingerprint density at radius 3 is 2.65 bits per heavy atom. The Morgan fingerprint density at radius 1 is 1.25 bits per heavy atom. The van der Waals surface area contributed by atoms with Crippen LogP contribution in [0.15, 0.2) is 35.0 Å². The van der Waals surface area contributed by atoms with Crippen molar-refractivity contribution in [3.05, 3.63) is 40.6 Å². The van der Waals surface area contributed by atoms with Gasteiger partial charge in [0.1, 0.15) is 5.82 Å². The molecule has 0 saturated heterocycles. The Morgan fingerprint density at radius 2 is 2.05 bits per heavy atom. The molecule has 0 fully saturated rings. The van der Waals surface area contributed by atoms with Crippen molar-refractivity contribution in [2.45, 2.75) is 26.3 Å². The molecule has 1 aromatic carbocycles. The van der Waals surface area contributed by atoms with Crippen LogP contribution >= 0.6 is 11.3 Å². The van der Waals surface area contributed by atoms with Crippen molar-refractivity contribution in [3.8, 4) is 17.5 Å². The molecule has 3 aromatic rings. The second-order valence-electron chi connectivity index (χ2n) is 5.77. The quantitative estimate of drug-likeness (QED) is 0.663. The van der Waals surface area contributed by atoms with Crippen molar-refractivity contribution < 1.29 is 0 Å². The maximum atomic E-state index is 9.03. The van der Waals surface area contributed by atoms with Crippen molar-refractivity contribution in [3.63, 3.8) is 0 Å². The molecule has 0 spiro atoms. The van der Waals surface area contributed by atoms with Gasteiger partial charge in [0.15, 0.2) is 0 Å². The summed E-state index contributed by atoms with van der Waals surface area (Å²) < 4.78 is 2.24. The van der Waals surface area contributed by atoms with Gasteiger partial charge >= 0.3 is 0 Å². The van der Waals surface area contributed by atoms with Crippen molar-refractivity contribution in [1.82, 2.24) is 9.55 Å². The van der Waals surface area contributed by atoms with E-state index in [4.69, 9.17) is 10.2 Å². The second-order valence-corrected chi connectivity index (χ2v) is 6.55. The van der Waals surface area contributed by atoms with Crippen LogP contribution in [0, 0.1) is 11.3 Å². The standard InChI is InChI=1S/C16H15N3S/c1-16(2,3)19-14-5-4-11(9-17)8-13(14)18-15(19)12-6-7-20-10-12/h4-8,10H,1-3H3. The first-order valence-electron chi connectivity index (χ1n) is 6.46. The number of thiophene rings is 1. The summed E-state index contributed by atoms with van der Waals surface area (Å²) in [5.74, 6) is 0.962. The van der Waals surface area contributed by atoms with E-state index in [1.807, 2.05) is 18.2 Å². The molecule has 20 heavy (non-hydrogen) atoms. The lowest BCUT2D eigenvalue weighted by Gasteiger charge is -2.24. The molecular formula is C16H15N3S. The molecular weight excluding hydrogens is 266 g/mol. The number of hydrogen-bond acceptors (Lipinski definition) is 3. The van der Waals surface area contributed by atoms with E-state index < -0.39 is 0 Å². The van der Waals surface area contributed by atoms with Gasteiger partial charge in [0.05, 0.1) is 22.7 Å². The fourth-order valence-corrected chi connectivity index (χ4v) is 3.05. The van der Waals surface area contributed by atoms with Crippen molar-refractivity contribution in [2.75, 3.05) is 0 Å². The lowest BCUT2D eigenvalue weighted by Crippen LogP contribution is -2.22. The Kier molecular flexibility index (Phi) is 2.88. The highest BCUT2D eigenvalue weighted by Gasteiger charge is 2.22. The molecule has 2 heterocycles. The van der Waals surface area contributed by atoms with Gasteiger partial charge in [-0.2, -0.15) is 16.6 Å². The maximum absolute atomic E-state index is 9.03. The first kappa shape index (κ1) is 12.9. The SMILES string of the molecule is CC(C)(C)n1c(-c2ccsc2)nc2cc(C#N)ccc21. The first-order chi connectivity index (χ1) is 9.50. The summed E-state index contributed by atoms with van der Waals surface area (Å²) in [6.07, 6.45) is 0. The number of hydrogen-bond donors (Lipinski definition) is 0. The molecule has 0 amide bonds. The molecule has 0 atom stereocenters. The topological polar surface area (TPSA) is 41.6 Å². The van der Waals surface area contributed by atoms with Gasteiger partial charge in [-0.3, -0.25) is 0 Å². The normalized spacial score (nSPS) is 11.7. The summed E-state index contributed by atoms with van der Waals surface area (Å²) in [4.78, 5) is 4.75. The van der Waals surface area contributed by atoms with Gasteiger partial charge in [-0.1, -0.05) is 0 Å². The number of aromatic nitrogens is 2. The van der Waals surface area contributed by atoms with E-state index in [0.29, 0.717) is 5.56 Å². The summed E-state index contributed by atoms with van der Waals surface area (Å²) in [7, 11) is 0. The van der Waals surface area contributed by atoms with E-state index in [0.717, 1.165) is 22.4 Å². The summed E-state index contributed by atoms with van der Waals surface area (Å²) in [5, 5.41) is 13.2. The molecule has 0 aliphatic heterocycles. The molecule has 4 heteroatoms. The van der Waals surface area contributed by atoms with Gasteiger partial charge in [-0.25, -0.2) is 4.98 Å². The lowest BCUT2D eigenvalue weighted by molar-refractivity contribution is 0.413. The van der Waals surface area contributed by atoms with E-state index in [1.165, 1.54) is 0 Å². The Bertz CT molecular complexity index is 799. The Balaban J connectivity index is 2.37. The average molecular weight is 281 g/mol. The van der Waals surface area contributed by atoms with Crippen LogP contribution in [0.3, 0.4) is 0 Å². The Hall–Kier alpha value is -2.12. The molecule has 0 unspecified atom stereocenters. The van der Waals surface area contributed by atoms with Crippen LogP contribution in [0.4, 0.5) is 0 Å². The van der Waals surface area contributed by atoms with E-state index in [1.54, 1.807) is 11.3 Å². The number of nitrogens with zero attached hydrogens (tertiary/aromatic N) is 3. The number of fused-ring (bicyclic) bond motifs is 1. The average Bonchev–Trinajstić information content (AvgIpc) is 3.03. The molecule has 0 bridgehead atoms. The molecule has 0 aliphatic carbocycles. The van der Waals surface area contributed by atoms with Crippen molar-refractivity contribution in [1.29, 1.82) is 5.26 Å². The monoisotopic (exact) mass is 281 g/mol. The van der Waals surface area contributed by atoms with Gasteiger partial charge in [0, 0.05) is 16.5 Å². The molecule has 3 rings (SSSR count). The fourth-order valence-electron chi connectivity index (χ4n) is 2.41. The van der Waals surface area contributed by atoms with E-state index in [9.17, 15) is 0 Å². The van der Waals surface area contributed by atoms with Gasteiger partial charge in [-0.05, 0) is 50.4 Å². The molecule has 100 valence electrons. The predicted octanol–water partition coefficient (Wildman–Crippen LogP) is 4.39.